The highest BCUT2D eigenvalue weighted by atomic mass is 16.1. The van der Waals surface area contributed by atoms with Crippen LogP contribution in [0.5, 0.6) is 0 Å². The molecule has 2 rings (SSSR count). The van der Waals surface area contributed by atoms with Crippen LogP contribution in [0.15, 0.2) is 36.4 Å². The first-order chi connectivity index (χ1) is 9.08. The lowest BCUT2D eigenvalue weighted by Crippen LogP contribution is -1.97. The molecule has 0 N–H and O–H groups in total. The maximum Gasteiger partial charge on any atom is 0.150 e. The van der Waals surface area contributed by atoms with Crippen molar-refractivity contribution in [3.05, 3.63) is 69.8 Å². The van der Waals surface area contributed by atoms with Gasteiger partial charge in [0.1, 0.15) is 6.29 Å². The summed E-state index contributed by atoms with van der Waals surface area (Å²) in [7, 11) is 0. The van der Waals surface area contributed by atoms with Crippen LogP contribution in [0.3, 0.4) is 0 Å². The first-order valence-corrected chi connectivity index (χ1v) is 6.70. The Morgan fingerprint density at radius 2 is 1.53 bits per heavy atom. The van der Waals surface area contributed by atoms with Crippen LogP contribution in [0.2, 0.25) is 0 Å². The Morgan fingerprint density at radius 3 is 2.16 bits per heavy atom. The molecule has 0 bridgehead atoms. The van der Waals surface area contributed by atoms with Gasteiger partial charge in [0.15, 0.2) is 0 Å². The van der Waals surface area contributed by atoms with Gasteiger partial charge in [-0.3, -0.25) is 4.79 Å². The zero-order valence-electron chi connectivity index (χ0n) is 11.9. The van der Waals surface area contributed by atoms with Crippen LogP contribution < -0.4 is 0 Å². The standard InChI is InChI=1S/C18H20O/c1-13-4-6-17(18(11-13)12-19)7-5-16-9-14(2)8-15(3)10-16/h4,6,8-12H,5,7H2,1-3H3. The van der Waals surface area contributed by atoms with E-state index in [1.165, 1.54) is 16.7 Å². The van der Waals surface area contributed by atoms with Gasteiger partial charge in [-0.1, -0.05) is 47.0 Å². The summed E-state index contributed by atoms with van der Waals surface area (Å²) < 4.78 is 0. The smallest absolute Gasteiger partial charge is 0.150 e. The number of benzene rings is 2. The van der Waals surface area contributed by atoms with Crippen LogP contribution in [-0.2, 0) is 12.8 Å². The van der Waals surface area contributed by atoms with Crippen LogP contribution in [0, 0.1) is 20.8 Å². The molecule has 98 valence electrons. The second kappa shape index (κ2) is 5.83. The van der Waals surface area contributed by atoms with Crippen LogP contribution >= 0.6 is 0 Å². The highest BCUT2D eigenvalue weighted by molar-refractivity contribution is 5.77. The van der Waals surface area contributed by atoms with E-state index in [0.717, 1.165) is 35.8 Å². The summed E-state index contributed by atoms with van der Waals surface area (Å²) in [4.78, 5) is 11.1. The Kier molecular flexibility index (Phi) is 4.16. The van der Waals surface area contributed by atoms with Crippen molar-refractivity contribution in [2.24, 2.45) is 0 Å². The van der Waals surface area contributed by atoms with Gasteiger partial charge in [0.05, 0.1) is 0 Å². The SMILES string of the molecule is Cc1cc(C)cc(CCc2ccc(C)cc2C=O)c1. The number of aryl methyl sites for hydroxylation is 5. The Morgan fingerprint density at radius 1 is 0.842 bits per heavy atom. The summed E-state index contributed by atoms with van der Waals surface area (Å²) in [5, 5.41) is 0. The Balaban J connectivity index is 2.16. The van der Waals surface area contributed by atoms with E-state index in [9.17, 15) is 4.79 Å². The van der Waals surface area contributed by atoms with Crippen LogP contribution in [-0.4, -0.2) is 6.29 Å². The van der Waals surface area contributed by atoms with Gasteiger partial charge in [-0.15, -0.1) is 0 Å². The molecule has 0 fully saturated rings. The number of carbonyl (C=O) groups is 1. The maximum atomic E-state index is 11.1. The van der Waals surface area contributed by atoms with Crippen LogP contribution in [0.4, 0.5) is 0 Å². The Bertz CT molecular complexity index is 576. The van der Waals surface area contributed by atoms with Crippen LogP contribution in [0.1, 0.15) is 38.2 Å². The third kappa shape index (κ3) is 3.54. The largest absolute Gasteiger partial charge is 0.298 e. The van der Waals surface area contributed by atoms with Crippen LogP contribution in [0.25, 0.3) is 0 Å². The fraction of sp³-hybridized carbons (Fsp3) is 0.278. The molecule has 19 heavy (non-hydrogen) atoms. The zero-order chi connectivity index (χ0) is 13.8. The number of rotatable bonds is 4. The van der Waals surface area contributed by atoms with Crippen molar-refractivity contribution in [3.63, 3.8) is 0 Å². The molecule has 0 amide bonds. The van der Waals surface area contributed by atoms with E-state index in [2.05, 4.69) is 44.2 Å². The van der Waals surface area contributed by atoms with E-state index in [0.29, 0.717) is 0 Å². The fourth-order valence-corrected chi connectivity index (χ4v) is 2.54. The lowest BCUT2D eigenvalue weighted by Gasteiger charge is -2.08. The number of hydrogen-bond acceptors (Lipinski definition) is 1. The first kappa shape index (κ1) is 13.5. The van der Waals surface area contributed by atoms with E-state index >= 15 is 0 Å². The lowest BCUT2D eigenvalue weighted by molar-refractivity contribution is 0.112. The van der Waals surface area contributed by atoms with E-state index in [1.807, 2.05) is 13.0 Å². The van der Waals surface area contributed by atoms with Crippen molar-refractivity contribution in [2.45, 2.75) is 33.6 Å². The number of aldehydes is 1. The Hall–Kier alpha value is -1.89. The fourth-order valence-electron chi connectivity index (χ4n) is 2.54. The quantitative estimate of drug-likeness (QED) is 0.745. The predicted molar refractivity (Wildman–Crippen MR) is 79.9 cm³/mol. The average Bonchev–Trinajstić information content (AvgIpc) is 2.36. The van der Waals surface area contributed by atoms with E-state index in [-0.39, 0.29) is 0 Å². The number of hydrogen-bond donors (Lipinski definition) is 0. The average molecular weight is 252 g/mol. The van der Waals surface area contributed by atoms with Gasteiger partial charge in [0.25, 0.3) is 0 Å². The third-order valence-electron chi connectivity index (χ3n) is 3.39. The van der Waals surface area contributed by atoms with E-state index in [4.69, 9.17) is 0 Å². The van der Waals surface area contributed by atoms with Crippen molar-refractivity contribution in [2.75, 3.05) is 0 Å². The molecular formula is C18H20O. The first-order valence-electron chi connectivity index (χ1n) is 6.70. The van der Waals surface area contributed by atoms with Gasteiger partial charge in [0, 0.05) is 5.56 Å². The molecule has 0 aliphatic carbocycles. The van der Waals surface area contributed by atoms with Gasteiger partial charge in [-0.2, -0.15) is 0 Å². The molecule has 0 heterocycles. The van der Waals surface area contributed by atoms with E-state index < -0.39 is 0 Å². The molecule has 0 saturated carbocycles. The second-order valence-corrected chi connectivity index (χ2v) is 5.32. The molecule has 0 saturated heterocycles. The minimum absolute atomic E-state index is 0.823. The monoisotopic (exact) mass is 252 g/mol. The lowest BCUT2D eigenvalue weighted by atomic mass is 9.97. The van der Waals surface area contributed by atoms with Crippen molar-refractivity contribution < 1.29 is 4.79 Å². The van der Waals surface area contributed by atoms with Gasteiger partial charge >= 0.3 is 0 Å². The molecule has 0 aliphatic heterocycles. The molecule has 0 unspecified atom stereocenters. The normalized spacial score (nSPS) is 10.5. The number of carbonyl (C=O) groups excluding carboxylic acids is 1. The van der Waals surface area contributed by atoms with Crippen molar-refractivity contribution in [3.8, 4) is 0 Å². The van der Waals surface area contributed by atoms with Crippen molar-refractivity contribution >= 4 is 6.29 Å². The molecule has 1 nitrogen and oxygen atoms in total. The van der Waals surface area contributed by atoms with Gasteiger partial charge in [-0.05, 0) is 50.8 Å². The molecule has 0 atom stereocenters. The Labute approximate surface area is 115 Å². The molecule has 0 aliphatic rings. The summed E-state index contributed by atoms with van der Waals surface area (Å²) in [6.45, 7) is 6.26. The summed E-state index contributed by atoms with van der Waals surface area (Å²) >= 11 is 0. The summed E-state index contributed by atoms with van der Waals surface area (Å²) in [6.07, 6.45) is 2.85. The summed E-state index contributed by atoms with van der Waals surface area (Å²) in [5.74, 6) is 0. The van der Waals surface area contributed by atoms with Gasteiger partial charge in [-0.25, -0.2) is 0 Å². The topological polar surface area (TPSA) is 17.1 Å². The highest BCUT2D eigenvalue weighted by Gasteiger charge is 2.03. The van der Waals surface area contributed by atoms with Gasteiger partial charge in [0.2, 0.25) is 0 Å². The molecule has 0 spiro atoms. The minimum atomic E-state index is 0.823. The third-order valence-corrected chi connectivity index (χ3v) is 3.39. The van der Waals surface area contributed by atoms with Crippen molar-refractivity contribution in [1.29, 1.82) is 0 Å². The maximum absolute atomic E-state index is 11.1. The highest BCUT2D eigenvalue weighted by Crippen LogP contribution is 2.15. The predicted octanol–water partition coefficient (Wildman–Crippen LogP) is 4.21. The molecule has 1 heteroatoms. The van der Waals surface area contributed by atoms with E-state index in [1.54, 1.807) is 0 Å². The van der Waals surface area contributed by atoms with Crippen molar-refractivity contribution in [1.82, 2.24) is 0 Å². The summed E-state index contributed by atoms with van der Waals surface area (Å²) in [6, 6.07) is 12.7. The minimum Gasteiger partial charge on any atom is -0.298 e. The zero-order valence-corrected chi connectivity index (χ0v) is 11.9. The molecular weight excluding hydrogens is 232 g/mol. The molecule has 2 aromatic carbocycles. The molecule has 0 radical (unpaired) electrons. The second-order valence-electron chi connectivity index (χ2n) is 5.32. The molecule has 2 aromatic rings. The molecule has 0 aromatic heterocycles. The summed E-state index contributed by atoms with van der Waals surface area (Å²) in [5.41, 5.74) is 7.04. The van der Waals surface area contributed by atoms with Gasteiger partial charge < -0.3 is 0 Å².